The Balaban J connectivity index is 3.05. The number of hydrogen-bond donors (Lipinski definition) is 1. The van der Waals surface area contributed by atoms with Crippen LogP contribution in [0, 0.1) is 0 Å². The topological polar surface area (TPSA) is 72.1 Å². The van der Waals surface area contributed by atoms with Crippen molar-refractivity contribution in [2.24, 2.45) is 0 Å². The van der Waals surface area contributed by atoms with Crippen LogP contribution in [-0.2, 0) is 4.79 Å². The summed E-state index contributed by atoms with van der Waals surface area (Å²) in [6, 6.07) is 0. The molecule has 14 heavy (non-hydrogen) atoms. The Labute approximate surface area is 86.7 Å². The maximum atomic E-state index is 11.1. The Bertz CT molecular complexity index is 355. The van der Waals surface area contributed by atoms with E-state index in [1.54, 1.807) is 13.2 Å². The van der Waals surface area contributed by atoms with Gasteiger partial charge in [0.2, 0.25) is 5.91 Å². The highest BCUT2D eigenvalue weighted by Gasteiger charge is 2.11. The lowest BCUT2D eigenvalue weighted by Gasteiger charge is -2.15. The maximum absolute atomic E-state index is 11.1. The predicted molar refractivity (Wildman–Crippen MR) is 57.3 cm³/mol. The average molecular weight is 212 g/mol. The summed E-state index contributed by atoms with van der Waals surface area (Å²) in [5, 5.41) is 0.600. The lowest BCUT2D eigenvalue weighted by Crippen LogP contribution is -2.24. The van der Waals surface area contributed by atoms with Gasteiger partial charge in [0.1, 0.15) is 5.69 Å². The van der Waals surface area contributed by atoms with Crippen LogP contribution in [-0.4, -0.2) is 29.2 Å². The number of carbonyl (C=O) groups excluding carboxylic acids is 1. The van der Waals surface area contributed by atoms with Crippen molar-refractivity contribution in [2.75, 3.05) is 23.9 Å². The van der Waals surface area contributed by atoms with Crippen LogP contribution in [0.3, 0.4) is 0 Å². The zero-order valence-corrected chi connectivity index (χ0v) is 9.13. The Morgan fingerprint density at radius 3 is 2.71 bits per heavy atom. The van der Waals surface area contributed by atoms with Gasteiger partial charge in [-0.15, -0.1) is 0 Å². The van der Waals surface area contributed by atoms with Crippen LogP contribution in [0.1, 0.15) is 6.92 Å². The van der Waals surface area contributed by atoms with Crippen molar-refractivity contribution in [2.45, 2.75) is 12.1 Å². The van der Waals surface area contributed by atoms with Gasteiger partial charge in [0.25, 0.3) is 0 Å². The third-order valence-corrected chi connectivity index (χ3v) is 2.35. The molecular formula is C8H12N4OS. The molecular weight excluding hydrogens is 200 g/mol. The van der Waals surface area contributed by atoms with Gasteiger partial charge in [0.05, 0.1) is 6.20 Å². The van der Waals surface area contributed by atoms with Gasteiger partial charge in [0, 0.05) is 14.0 Å². The zero-order chi connectivity index (χ0) is 10.7. The molecule has 5 nitrogen and oxygen atoms in total. The summed E-state index contributed by atoms with van der Waals surface area (Å²) in [6.45, 7) is 1.46. The first-order valence-electron chi connectivity index (χ1n) is 3.97. The molecule has 1 aromatic rings. The summed E-state index contributed by atoms with van der Waals surface area (Å²) in [7, 11) is 1.64. The van der Waals surface area contributed by atoms with Gasteiger partial charge < -0.3 is 10.6 Å². The van der Waals surface area contributed by atoms with E-state index in [-0.39, 0.29) is 5.91 Å². The third kappa shape index (κ3) is 2.14. The maximum Gasteiger partial charge on any atom is 0.223 e. The second-order valence-electron chi connectivity index (χ2n) is 2.71. The number of nitrogen functional groups attached to an aromatic ring is 1. The highest BCUT2D eigenvalue weighted by Crippen LogP contribution is 2.21. The summed E-state index contributed by atoms with van der Waals surface area (Å²) in [6.07, 6.45) is 3.42. The number of nitrogens with zero attached hydrogens (tertiary/aromatic N) is 3. The highest BCUT2D eigenvalue weighted by molar-refractivity contribution is 7.98. The van der Waals surface area contributed by atoms with Crippen LogP contribution in [0.4, 0.5) is 11.5 Å². The van der Waals surface area contributed by atoms with E-state index in [0.29, 0.717) is 16.7 Å². The molecule has 0 atom stereocenters. The smallest absolute Gasteiger partial charge is 0.223 e. The van der Waals surface area contributed by atoms with E-state index >= 15 is 0 Å². The van der Waals surface area contributed by atoms with Crippen LogP contribution < -0.4 is 10.6 Å². The Hall–Kier alpha value is -1.30. The zero-order valence-electron chi connectivity index (χ0n) is 8.31. The normalized spacial score (nSPS) is 9.93. The van der Waals surface area contributed by atoms with Gasteiger partial charge >= 0.3 is 0 Å². The van der Waals surface area contributed by atoms with Crippen molar-refractivity contribution >= 4 is 29.2 Å². The monoisotopic (exact) mass is 212 g/mol. The second-order valence-corrected chi connectivity index (χ2v) is 3.48. The molecule has 0 unspecified atom stereocenters. The molecule has 0 aliphatic rings. The number of nitrogens with two attached hydrogens (primary N) is 1. The first kappa shape index (κ1) is 10.8. The van der Waals surface area contributed by atoms with Gasteiger partial charge in [-0.05, 0) is 6.26 Å². The second kappa shape index (κ2) is 4.28. The summed E-state index contributed by atoms with van der Waals surface area (Å²) in [5.41, 5.74) is 6.21. The summed E-state index contributed by atoms with van der Waals surface area (Å²) in [4.78, 5) is 20.5. The number of carbonyl (C=O) groups is 1. The largest absolute Gasteiger partial charge is 0.382 e. The van der Waals surface area contributed by atoms with E-state index in [1.165, 1.54) is 23.6 Å². The van der Waals surface area contributed by atoms with E-state index in [2.05, 4.69) is 9.97 Å². The van der Waals surface area contributed by atoms with E-state index in [0.717, 1.165) is 0 Å². The van der Waals surface area contributed by atoms with Gasteiger partial charge in [-0.1, -0.05) is 11.8 Å². The molecule has 0 aromatic carbocycles. The standard InChI is InChI=1S/C8H12N4OS/c1-5(13)12(2)6-4-10-8(14-3)11-7(6)9/h4H,1-3H3,(H2,9,10,11). The van der Waals surface area contributed by atoms with Crippen molar-refractivity contribution in [1.29, 1.82) is 0 Å². The summed E-state index contributed by atoms with van der Waals surface area (Å²) in [5.74, 6) is 0.222. The summed E-state index contributed by atoms with van der Waals surface area (Å²) < 4.78 is 0. The van der Waals surface area contributed by atoms with Gasteiger partial charge in [0.15, 0.2) is 11.0 Å². The molecule has 2 N–H and O–H groups in total. The van der Waals surface area contributed by atoms with E-state index in [4.69, 9.17) is 5.73 Å². The van der Waals surface area contributed by atoms with E-state index < -0.39 is 0 Å². The first-order chi connectivity index (χ1) is 6.56. The lowest BCUT2D eigenvalue weighted by atomic mass is 10.4. The number of amides is 1. The molecule has 0 aliphatic carbocycles. The minimum Gasteiger partial charge on any atom is -0.382 e. The number of rotatable bonds is 2. The molecule has 0 aliphatic heterocycles. The SMILES string of the molecule is CSc1ncc(N(C)C(C)=O)c(N)n1. The van der Waals surface area contributed by atoms with Crippen LogP contribution in [0.5, 0.6) is 0 Å². The molecule has 1 aromatic heterocycles. The van der Waals surface area contributed by atoms with Crippen LogP contribution in [0.25, 0.3) is 0 Å². The van der Waals surface area contributed by atoms with Crippen molar-refractivity contribution < 1.29 is 4.79 Å². The van der Waals surface area contributed by atoms with Crippen molar-refractivity contribution in [3.05, 3.63) is 6.20 Å². The number of thioether (sulfide) groups is 1. The molecule has 0 fully saturated rings. The minimum atomic E-state index is -0.0998. The minimum absolute atomic E-state index is 0.0998. The Kier molecular flexibility index (Phi) is 3.29. The first-order valence-corrected chi connectivity index (χ1v) is 5.19. The molecule has 0 spiro atoms. The lowest BCUT2D eigenvalue weighted by molar-refractivity contribution is -0.116. The van der Waals surface area contributed by atoms with Gasteiger partial charge in [-0.2, -0.15) is 0 Å². The fourth-order valence-electron chi connectivity index (χ4n) is 0.898. The molecule has 6 heteroatoms. The Morgan fingerprint density at radius 2 is 2.29 bits per heavy atom. The fraction of sp³-hybridized carbons (Fsp3) is 0.375. The van der Waals surface area contributed by atoms with Crippen molar-refractivity contribution in [1.82, 2.24) is 9.97 Å². The quantitative estimate of drug-likeness (QED) is 0.579. The summed E-state index contributed by atoms with van der Waals surface area (Å²) >= 11 is 1.41. The predicted octanol–water partition coefficient (Wildman–Crippen LogP) is 0.763. The van der Waals surface area contributed by atoms with Crippen molar-refractivity contribution in [3.63, 3.8) is 0 Å². The molecule has 1 amide bonds. The fourth-order valence-corrected chi connectivity index (χ4v) is 1.25. The molecule has 0 saturated carbocycles. The van der Waals surface area contributed by atoms with E-state index in [1.807, 2.05) is 6.26 Å². The number of hydrogen-bond acceptors (Lipinski definition) is 5. The van der Waals surface area contributed by atoms with Gasteiger partial charge in [-0.25, -0.2) is 9.97 Å². The molecule has 0 saturated heterocycles. The number of anilines is 2. The third-order valence-electron chi connectivity index (χ3n) is 1.79. The molecule has 0 bridgehead atoms. The number of aromatic nitrogens is 2. The molecule has 1 rings (SSSR count). The molecule has 0 radical (unpaired) electrons. The van der Waals surface area contributed by atoms with Crippen LogP contribution >= 0.6 is 11.8 Å². The van der Waals surface area contributed by atoms with E-state index in [9.17, 15) is 4.79 Å². The molecule has 76 valence electrons. The van der Waals surface area contributed by atoms with Crippen molar-refractivity contribution in [3.8, 4) is 0 Å². The highest BCUT2D eigenvalue weighted by atomic mass is 32.2. The molecule has 1 heterocycles. The Morgan fingerprint density at radius 1 is 1.64 bits per heavy atom. The van der Waals surface area contributed by atoms with Gasteiger partial charge in [-0.3, -0.25) is 4.79 Å². The average Bonchev–Trinajstić information content (AvgIpc) is 2.16. The van der Waals surface area contributed by atoms with Crippen LogP contribution in [0.2, 0.25) is 0 Å². The van der Waals surface area contributed by atoms with Crippen LogP contribution in [0.15, 0.2) is 11.4 Å².